The molecular formula is C21H21N5O4S. The van der Waals surface area contributed by atoms with Crippen LogP contribution >= 0.6 is 11.3 Å². The lowest BCUT2D eigenvalue weighted by Gasteiger charge is -2.08. The lowest BCUT2D eigenvalue weighted by Crippen LogP contribution is -2.22. The van der Waals surface area contributed by atoms with Gasteiger partial charge in [-0.2, -0.15) is 4.98 Å². The first kappa shape index (κ1) is 20.9. The molecule has 1 atom stereocenters. The molecule has 0 aliphatic carbocycles. The van der Waals surface area contributed by atoms with Crippen LogP contribution in [0.5, 0.6) is 0 Å². The molecule has 0 spiro atoms. The summed E-state index contributed by atoms with van der Waals surface area (Å²) in [6.45, 7) is 3.75. The van der Waals surface area contributed by atoms with Gasteiger partial charge in [0, 0.05) is 13.5 Å². The maximum Gasteiger partial charge on any atom is 0.262 e. The molecule has 4 aromatic rings. The normalized spacial score (nSPS) is 12.3. The summed E-state index contributed by atoms with van der Waals surface area (Å²) < 4.78 is 6.63. The third kappa shape index (κ3) is 4.12. The van der Waals surface area contributed by atoms with Gasteiger partial charge in [-0.3, -0.25) is 14.2 Å². The lowest BCUT2D eigenvalue weighted by molar-refractivity contribution is 0.0966. The molecule has 0 aliphatic rings. The summed E-state index contributed by atoms with van der Waals surface area (Å²) in [5, 5.41) is 17.3. The van der Waals surface area contributed by atoms with Gasteiger partial charge < -0.3 is 14.9 Å². The molecule has 0 saturated heterocycles. The van der Waals surface area contributed by atoms with Gasteiger partial charge in [0.1, 0.15) is 11.4 Å². The lowest BCUT2D eigenvalue weighted by atomic mass is 10.0. The van der Waals surface area contributed by atoms with E-state index in [9.17, 15) is 14.7 Å². The van der Waals surface area contributed by atoms with Gasteiger partial charge in [0.2, 0.25) is 5.89 Å². The molecule has 0 unspecified atom stereocenters. The number of thiophene rings is 1. The van der Waals surface area contributed by atoms with Gasteiger partial charge in [-0.25, -0.2) is 4.98 Å². The van der Waals surface area contributed by atoms with Crippen LogP contribution in [0, 0.1) is 13.8 Å². The molecule has 0 fully saturated rings. The van der Waals surface area contributed by atoms with E-state index in [0.29, 0.717) is 26.5 Å². The van der Waals surface area contributed by atoms with Crippen molar-refractivity contribution in [3.8, 4) is 0 Å². The monoisotopic (exact) mass is 439 g/mol. The highest BCUT2D eigenvalue weighted by molar-refractivity contribution is 7.20. The number of hydrogen-bond donors (Lipinski definition) is 2. The Balaban J connectivity index is 1.55. The number of amides is 1. The van der Waals surface area contributed by atoms with Gasteiger partial charge in [-0.05, 0) is 25.0 Å². The SMILES string of the molecule is CNC(=O)c1sc2ncn(Cc3nc(C[C@H](O)c4ccc(C)cc4)no3)c(=O)c2c1C. The van der Waals surface area contributed by atoms with Crippen molar-refractivity contribution in [1.29, 1.82) is 0 Å². The van der Waals surface area contributed by atoms with Crippen molar-refractivity contribution >= 4 is 27.5 Å². The summed E-state index contributed by atoms with van der Waals surface area (Å²) in [6, 6.07) is 7.57. The molecule has 1 amide bonds. The predicted octanol–water partition coefficient (Wildman–Crippen LogP) is 2.14. The molecule has 0 saturated carbocycles. The van der Waals surface area contributed by atoms with E-state index in [4.69, 9.17) is 4.52 Å². The summed E-state index contributed by atoms with van der Waals surface area (Å²) in [5.41, 5.74) is 2.19. The highest BCUT2D eigenvalue weighted by Crippen LogP contribution is 2.26. The topological polar surface area (TPSA) is 123 Å². The molecule has 3 aromatic heterocycles. The molecule has 0 radical (unpaired) electrons. The fourth-order valence-corrected chi connectivity index (χ4v) is 4.35. The van der Waals surface area contributed by atoms with E-state index in [1.807, 2.05) is 31.2 Å². The molecular weight excluding hydrogens is 418 g/mol. The minimum absolute atomic E-state index is 0.0417. The smallest absolute Gasteiger partial charge is 0.262 e. The number of carbonyl (C=O) groups excluding carboxylic acids is 1. The second-order valence-electron chi connectivity index (χ2n) is 7.23. The van der Waals surface area contributed by atoms with Crippen LogP contribution in [-0.4, -0.2) is 37.8 Å². The van der Waals surface area contributed by atoms with Crippen molar-refractivity contribution in [2.75, 3.05) is 7.05 Å². The largest absolute Gasteiger partial charge is 0.388 e. The van der Waals surface area contributed by atoms with E-state index in [1.165, 1.54) is 22.2 Å². The summed E-state index contributed by atoms with van der Waals surface area (Å²) >= 11 is 1.18. The zero-order valence-electron chi connectivity index (χ0n) is 17.2. The Labute approximate surface area is 181 Å². The van der Waals surface area contributed by atoms with Gasteiger partial charge in [-0.1, -0.05) is 35.0 Å². The fraction of sp³-hybridized carbons (Fsp3) is 0.286. The minimum atomic E-state index is -0.761. The van der Waals surface area contributed by atoms with Gasteiger partial charge >= 0.3 is 0 Å². The number of carbonyl (C=O) groups is 1. The first-order valence-electron chi connectivity index (χ1n) is 9.64. The summed E-state index contributed by atoms with van der Waals surface area (Å²) in [5.74, 6) is 0.327. The number of hydrogen-bond acceptors (Lipinski definition) is 8. The quantitative estimate of drug-likeness (QED) is 0.472. The number of aromatic nitrogens is 4. The zero-order valence-corrected chi connectivity index (χ0v) is 18.1. The molecule has 1 aromatic carbocycles. The van der Waals surface area contributed by atoms with Crippen molar-refractivity contribution in [3.63, 3.8) is 0 Å². The van der Waals surface area contributed by atoms with Gasteiger partial charge in [0.25, 0.3) is 11.5 Å². The summed E-state index contributed by atoms with van der Waals surface area (Å²) in [4.78, 5) is 34.5. The number of benzene rings is 1. The van der Waals surface area contributed by atoms with Crippen LogP contribution in [0.3, 0.4) is 0 Å². The van der Waals surface area contributed by atoms with Crippen molar-refractivity contribution < 1.29 is 14.4 Å². The van der Waals surface area contributed by atoms with Crippen molar-refractivity contribution in [3.05, 3.63) is 74.2 Å². The van der Waals surface area contributed by atoms with Gasteiger partial charge in [-0.15, -0.1) is 11.3 Å². The first-order valence-corrected chi connectivity index (χ1v) is 10.5. The maximum absolute atomic E-state index is 12.9. The van der Waals surface area contributed by atoms with Crippen molar-refractivity contribution in [2.45, 2.75) is 32.9 Å². The number of nitrogens with one attached hydrogen (secondary N) is 1. The van der Waals surface area contributed by atoms with Crippen LogP contribution in [0.1, 0.15) is 44.2 Å². The Morgan fingerprint density at radius 3 is 2.74 bits per heavy atom. The van der Waals surface area contributed by atoms with Crippen LogP contribution < -0.4 is 10.9 Å². The third-order valence-electron chi connectivity index (χ3n) is 5.00. The minimum Gasteiger partial charge on any atom is -0.388 e. The summed E-state index contributed by atoms with van der Waals surface area (Å²) in [7, 11) is 1.54. The Hall–Kier alpha value is -3.37. The van der Waals surface area contributed by atoms with E-state index < -0.39 is 6.10 Å². The van der Waals surface area contributed by atoms with E-state index in [2.05, 4.69) is 20.4 Å². The highest BCUT2D eigenvalue weighted by atomic mass is 32.1. The fourth-order valence-electron chi connectivity index (χ4n) is 3.26. The average molecular weight is 439 g/mol. The van der Waals surface area contributed by atoms with Crippen LogP contribution in [0.2, 0.25) is 0 Å². The van der Waals surface area contributed by atoms with E-state index in [-0.39, 0.29) is 30.3 Å². The Kier molecular flexibility index (Phi) is 5.66. The number of aryl methyl sites for hydroxylation is 2. The Morgan fingerprint density at radius 1 is 1.29 bits per heavy atom. The standard InChI is InChI=1S/C21H21N5O4S/c1-11-4-6-13(7-5-11)14(27)8-15-24-16(30-25-15)9-26-10-23-20-17(21(26)29)12(2)18(31-20)19(28)22-3/h4-7,10,14,27H,8-9H2,1-3H3,(H,22,28)/t14-/m0/s1. The zero-order chi connectivity index (χ0) is 22.1. The number of aliphatic hydroxyl groups is 1. The molecule has 160 valence electrons. The number of rotatable bonds is 6. The molecule has 9 nitrogen and oxygen atoms in total. The molecule has 0 bridgehead atoms. The first-order chi connectivity index (χ1) is 14.9. The number of nitrogens with zero attached hydrogens (tertiary/aromatic N) is 4. The van der Waals surface area contributed by atoms with Crippen LogP contribution in [0.15, 0.2) is 39.9 Å². The van der Waals surface area contributed by atoms with Crippen LogP contribution in [0.4, 0.5) is 0 Å². The van der Waals surface area contributed by atoms with Crippen molar-refractivity contribution in [2.24, 2.45) is 0 Å². The van der Waals surface area contributed by atoms with Gasteiger partial charge in [0.05, 0.1) is 22.7 Å². The average Bonchev–Trinajstić information content (AvgIpc) is 3.34. The highest BCUT2D eigenvalue weighted by Gasteiger charge is 2.20. The third-order valence-corrected chi connectivity index (χ3v) is 6.20. The molecule has 31 heavy (non-hydrogen) atoms. The summed E-state index contributed by atoms with van der Waals surface area (Å²) in [6.07, 6.45) is 0.834. The molecule has 4 rings (SSSR count). The van der Waals surface area contributed by atoms with E-state index in [1.54, 1.807) is 14.0 Å². The van der Waals surface area contributed by atoms with Crippen LogP contribution in [-0.2, 0) is 13.0 Å². The number of aliphatic hydroxyl groups excluding tert-OH is 1. The predicted molar refractivity (Wildman–Crippen MR) is 115 cm³/mol. The Morgan fingerprint density at radius 2 is 2.03 bits per heavy atom. The molecule has 0 aliphatic heterocycles. The molecule has 2 N–H and O–H groups in total. The second kappa shape index (κ2) is 8.40. The van der Waals surface area contributed by atoms with E-state index in [0.717, 1.165) is 11.1 Å². The molecule has 3 heterocycles. The van der Waals surface area contributed by atoms with Gasteiger partial charge in [0.15, 0.2) is 5.82 Å². The van der Waals surface area contributed by atoms with E-state index >= 15 is 0 Å². The van der Waals surface area contributed by atoms with Crippen molar-refractivity contribution in [1.82, 2.24) is 25.0 Å². The second-order valence-corrected chi connectivity index (χ2v) is 8.23. The molecule has 10 heteroatoms. The number of fused-ring (bicyclic) bond motifs is 1. The maximum atomic E-state index is 12.9. The Bertz CT molecular complexity index is 1310. The van der Waals surface area contributed by atoms with Crippen LogP contribution in [0.25, 0.3) is 10.2 Å².